The maximum atomic E-state index is 12.9. The van der Waals surface area contributed by atoms with Gasteiger partial charge in [-0.15, -0.1) is 0 Å². The SMILES string of the molecule is CCCCCCc1nn(C(C)C)c(=O)n1Cc1ccc(-c2ccccc2C(=O)O)cc1. The highest BCUT2D eigenvalue weighted by Gasteiger charge is 2.16. The second kappa shape index (κ2) is 10.2. The van der Waals surface area contributed by atoms with Crippen LogP contribution in [0.25, 0.3) is 11.1 Å². The molecule has 0 bridgehead atoms. The molecule has 1 heterocycles. The van der Waals surface area contributed by atoms with Crippen LogP contribution in [0.4, 0.5) is 0 Å². The van der Waals surface area contributed by atoms with E-state index in [9.17, 15) is 14.7 Å². The Labute approximate surface area is 183 Å². The van der Waals surface area contributed by atoms with E-state index in [1.807, 2.05) is 50.2 Å². The van der Waals surface area contributed by atoms with Crippen LogP contribution < -0.4 is 5.69 Å². The van der Waals surface area contributed by atoms with Crippen molar-refractivity contribution in [1.82, 2.24) is 14.3 Å². The van der Waals surface area contributed by atoms with E-state index in [2.05, 4.69) is 12.0 Å². The van der Waals surface area contributed by atoms with Crippen LogP contribution in [0.1, 0.15) is 74.2 Å². The van der Waals surface area contributed by atoms with Gasteiger partial charge in [-0.3, -0.25) is 4.57 Å². The summed E-state index contributed by atoms with van der Waals surface area (Å²) in [6.07, 6.45) is 5.31. The van der Waals surface area contributed by atoms with Gasteiger partial charge >= 0.3 is 11.7 Å². The zero-order valence-corrected chi connectivity index (χ0v) is 18.5. The Morgan fingerprint density at radius 2 is 1.74 bits per heavy atom. The Hall–Kier alpha value is -3.15. The minimum absolute atomic E-state index is 0.0121. The van der Waals surface area contributed by atoms with Gasteiger partial charge < -0.3 is 5.11 Å². The fourth-order valence-corrected chi connectivity index (χ4v) is 3.74. The molecule has 6 nitrogen and oxygen atoms in total. The molecule has 0 saturated heterocycles. The van der Waals surface area contributed by atoms with Crippen LogP contribution in [-0.4, -0.2) is 25.4 Å². The smallest absolute Gasteiger partial charge is 0.346 e. The Balaban J connectivity index is 1.85. The topological polar surface area (TPSA) is 77.1 Å². The lowest BCUT2D eigenvalue weighted by atomic mass is 9.99. The van der Waals surface area contributed by atoms with Crippen LogP contribution in [0, 0.1) is 0 Å². The van der Waals surface area contributed by atoms with Gasteiger partial charge in [-0.05, 0) is 43.0 Å². The Kier molecular flexibility index (Phi) is 7.45. The molecule has 0 atom stereocenters. The summed E-state index contributed by atoms with van der Waals surface area (Å²) in [7, 11) is 0. The van der Waals surface area contributed by atoms with Gasteiger partial charge in [0.05, 0.1) is 18.2 Å². The number of hydrogen-bond acceptors (Lipinski definition) is 3. The molecule has 1 N–H and O–H groups in total. The standard InChI is InChI=1S/C25H31N3O3/c1-4-5-6-7-12-23-26-28(18(2)3)25(31)27(23)17-19-13-15-20(16-14-19)21-10-8-9-11-22(21)24(29)30/h8-11,13-16,18H,4-7,12,17H2,1-3H3,(H,29,30). The number of carbonyl (C=O) groups is 1. The highest BCUT2D eigenvalue weighted by atomic mass is 16.4. The molecule has 0 saturated carbocycles. The molecule has 3 aromatic rings. The molecule has 0 fully saturated rings. The van der Waals surface area contributed by atoms with Crippen molar-refractivity contribution >= 4 is 5.97 Å². The minimum atomic E-state index is -0.944. The van der Waals surface area contributed by atoms with E-state index in [-0.39, 0.29) is 17.3 Å². The summed E-state index contributed by atoms with van der Waals surface area (Å²) in [6, 6.07) is 14.7. The summed E-state index contributed by atoms with van der Waals surface area (Å²) in [6.45, 7) is 6.57. The maximum absolute atomic E-state index is 12.9. The van der Waals surface area contributed by atoms with E-state index in [0.29, 0.717) is 12.1 Å². The number of hydrogen-bond donors (Lipinski definition) is 1. The number of nitrogens with zero attached hydrogens (tertiary/aromatic N) is 3. The Bertz CT molecular complexity index is 1080. The maximum Gasteiger partial charge on any atom is 0.346 e. The summed E-state index contributed by atoms with van der Waals surface area (Å²) < 4.78 is 3.33. The van der Waals surface area contributed by atoms with Crippen molar-refractivity contribution in [3.8, 4) is 11.1 Å². The molecule has 164 valence electrons. The predicted octanol–water partition coefficient (Wildman–Crippen LogP) is 5.16. The molecule has 1 aromatic heterocycles. The largest absolute Gasteiger partial charge is 0.478 e. The molecular formula is C25H31N3O3. The van der Waals surface area contributed by atoms with Gasteiger partial charge in [-0.1, -0.05) is 68.7 Å². The quantitative estimate of drug-likeness (QED) is 0.459. The number of aromatic nitrogens is 3. The number of benzene rings is 2. The van der Waals surface area contributed by atoms with Crippen LogP contribution in [0.2, 0.25) is 0 Å². The van der Waals surface area contributed by atoms with Crippen molar-refractivity contribution in [2.75, 3.05) is 0 Å². The minimum Gasteiger partial charge on any atom is -0.478 e. The van der Waals surface area contributed by atoms with Crippen molar-refractivity contribution in [2.24, 2.45) is 0 Å². The average molecular weight is 422 g/mol. The highest BCUT2D eigenvalue weighted by molar-refractivity contribution is 5.95. The third-order valence-electron chi connectivity index (χ3n) is 5.47. The second-order valence-electron chi connectivity index (χ2n) is 8.18. The number of unbranched alkanes of at least 4 members (excludes halogenated alkanes) is 3. The summed E-state index contributed by atoms with van der Waals surface area (Å²) in [4.78, 5) is 24.4. The van der Waals surface area contributed by atoms with E-state index in [1.54, 1.807) is 21.4 Å². The molecule has 0 radical (unpaired) electrons. The molecule has 3 rings (SSSR count). The zero-order chi connectivity index (χ0) is 22.4. The third kappa shape index (κ3) is 5.32. The lowest BCUT2D eigenvalue weighted by Gasteiger charge is -2.09. The van der Waals surface area contributed by atoms with Crippen LogP contribution in [0.3, 0.4) is 0 Å². The highest BCUT2D eigenvalue weighted by Crippen LogP contribution is 2.24. The fourth-order valence-electron chi connectivity index (χ4n) is 3.74. The van der Waals surface area contributed by atoms with Gasteiger partial charge in [0.25, 0.3) is 0 Å². The first-order chi connectivity index (χ1) is 14.9. The van der Waals surface area contributed by atoms with Crippen LogP contribution in [0.15, 0.2) is 53.3 Å². The molecule has 0 aliphatic heterocycles. The fraction of sp³-hybridized carbons (Fsp3) is 0.400. The number of aromatic carboxylic acids is 1. The molecular weight excluding hydrogens is 390 g/mol. The van der Waals surface area contributed by atoms with Gasteiger partial charge in [0, 0.05) is 6.42 Å². The number of aryl methyl sites for hydroxylation is 1. The van der Waals surface area contributed by atoms with Crippen molar-refractivity contribution < 1.29 is 9.90 Å². The van der Waals surface area contributed by atoms with Gasteiger partial charge in [-0.25, -0.2) is 14.3 Å². The number of carboxylic acid groups (broad SMARTS) is 1. The van der Waals surface area contributed by atoms with Gasteiger partial charge in [0.2, 0.25) is 0 Å². The monoisotopic (exact) mass is 421 g/mol. The van der Waals surface area contributed by atoms with E-state index in [1.165, 1.54) is 12.8 Å². The molecule has 0 aliphatic rings. The Morgan fingerprint density at radius 1 is 1.03 bits per heavy atom. The van der Waals surface area contributed by atoms with E-state index >= 15 is 0 Å². The molecule has 0 aliphatic carbocycles. The van der Waals surface area contributed by atoms with Crippen LogP contribution in [0.5, 0.6) is 0 Å². The Morgan fingerprint density at radius 3 is 2.39 bits per heavy atom. The summed E-state index contributed by atoms with van der Waals surface area (Å²) in [5, 5.41) is 14.0. The summed E-state index contributed by atoms with van der Waals surface area (Å²) >= 11 is 0. The molecule has 0 unspecified atom stereocenters. The molecule has 0 spiro atoms. The van der Waals surface area contributed by atoms with Gasteiger partial charge in [0.1, 0.15) is 5.82 Å². The number of rotatable bonds is 10. The zero-order valence-electron chi connectivity index (χ0n) is 18.5. The van der Waals surface area contributed by atoms with Crippen LogP contribution in [-0.2, 0) is 13.0 Å². The van der Waals surface area contributed by atoms with Crippen molar-refractivity contribution in [3.05, 3.63) is 76.0 Å². The van der Waals surface area contributed by atoms with Gasteiger partial charge in [-0.2, -0.15) is 5.10 Å². The van der Waals surface area contributed by atoms with E-state index in [4.69, 9.17) is 0 Å². The van der Waals surface area contributed by atoms with Crippen molar-refractivity contribution in [3.63, 3.8) is 0 Å². The normalized spacial score (nSPS) is 11.2. The molecule has 31 heavy (non-hydrogen) atoms. The summed E-state index contributed by atoms with van der Waals surface area (Å²) in [5.41, 5.74) is 2.70. The lowest BCUT2D eigenvalue weighted by molar-refractivity contribution is 0.0697. The first-order valence-corrected chi connectivity index (χ1v) is 11.0. The second-order valence-corrected chi connectivity index (χ2v) is 8.18. The van der Waals surface area contributed by atoms with Crippen molar-refractivity contribution in [1.29, 1.82) is 0 Å². The molecule has 0 amide bonds. The average Bonchev–Trinajstić information content (AvgIpc) is 3.07. The van der Waals surface area contributed by atoms with Crippen molar-refractivity contribution in [2.45, 2.75) is 65.5 Å². The predicted molar refractivity (Wildman–Crippen MR) is 123 cm³/mol. The molecule has 6 heteroatoms. The first kappa shape index (κ1) is 22.5. The van der Waals surface area contributed by atoms with E-state index in [0.717, 1.165) is 36.2 Å². The number of carboxylic acids is 1. The molecule has 2 aromatic carbocycles. The summed E-state index contributed by atoms with van der Waals surface area (Å²) in [5.74, 6) is -0.116. The van der Waals surface area contributed by atoms with Gasteiger partial charge in [0.15, 0.2) is 0 Å². The van der Waals surface area contributed by atoms with E-state index < -0.39 is 5.97 Å². The first-order valence-electron chi connectivity index (χ1n) is 11.0. The third-order valence-corrected chi connectivity index (χ3v) is 5.47. The van der Waals surface area contributed by atoms with Crippen LogP contribution >= 0.6 is 0 Å². The lowest BCUT2D eigenvalue weighted by Crippen LogP contribution is -2.27.